The van der Waals surface area contributed by atoms with Crippen molar-refractivity contribution in [3.63, 3.8) is 0 Å². The van der Waals surface area contributed by atoms with E-state index in [0.717, 1.165) is 21.8 Å². The number of thiazole rings is 1. The van der Waals surface area contributed by atoms with Crippen molar-refractivity contribution in [2.24, 2.45) is 7.05 Å². The molecule has 2 aromatic rings. The molecule has 2 aromatic heterocycles. The Labute approximate surface area is 109 Å². The van der Waals surface area contributed by atoms with Crippen molar-refractivity contribution in [3.8, 4) is 0 Å². The maximum Gasteiger partial charge on any atom is 0.130 e. The van der Waals surface area contributed by atoms with Gasteiger partial charge in [-0.15, -0.1) is 11.3 Å². The summed E-state index contributed by atoms with van der Waals surface area (Å²) in [5.41, 5.74) is 4.37. The molecule has 0 aromatic carbocycles. The quantitative estimate of drug-likeness (QED) is 0.933. The van der Waals surface area contributed by atoms with Crippen LogP contribution in [-0.4, -0.2) is 19.9 Å². The normalized spacial score (nSPS) is 13.0. The van der Waals surface area contributed by atoms with Gasteiger partial charge in [0, 0.05) is 19.0 Å². The molecule has 1 atom stereocenters. The molecule has 1 unspecified atom stereocenters. The molecule has 0 fully saturated rings. The van der Waals surface area contributed by atoms with E-state index in [4.69, 9.17) is 11.6 Å². The second kappa shape index (κ2) is 4.76. The summed E-state index contributed by atoms with van der Waals surface area (Å²) in [6.07, 6.45) is -0.0930. The van der Waals surface area contributed by atoms with Crippen LogP contribution in [-0.2, 0) is 13.5 Å². The van der Waals surface area contributed by atoms with E-state index in [9.17, 15) is 5.11 Å². The van der Waals surface area contributed by atoms with E-state index in [-0.39, 0.29) is 0 Å². The van der Waals surface area contributed by atoms with Gasteiger partial charge in [0.15, 0.2) is 0 Å². The molecule has 17 heavy (non-hydrogen) atoms. The predicted molar refractivity (Wildman–Crippen MR) is 68.5 cm³/mol. The molecule has 2 heterocycles. The highest BCUT2D eigenvalue weighted by Crippen LogP contribution is 2.28. The molecular weight excluding hydrogens is 258 g/mol. The summed E-state index contributed by atoms with van der Waals surface area (Å²) < 4.78 is 1.62. The number of nitrogens with zero attached hydrogens (tertiary/aromatic N) is 3. The van der Waals surface area contributed by atoms with Crippen LogP contribution in [0.4, 0.5) is 0 Å². The average Bonchev–Trinajstić information content (AvgIpc) is 2.78. The minimum absolute atomic E-state index is 0.474. The van der Waals surface area contributed by atoms with Crippen molar-refractivity contribution >= 4 is 22.9 Å². The minimum atomic E-state index is -0.567. The molecule has 0 aliphatic rings. The van der Waals surface area contributed by atoms with Gasteiger partial charge >= 0.3 is 0 Å². The molecule has 4 nitrogen and oxygen atoms in total. The fourth-order valence-corrected chi connectivity index (χ4v) is 2.86. The number of aromatic nitrogens is 3. The summed E-state index contributed by atoms with van der Waals surface area (Å²) in [6.45, 7) is 3.79. The van der Waals surface area contributed by atoms with Crippen molar-refractivity contribution in [1.82, 2.24) is 14.8 Å². The highest BCUT2D eigenvalue weighted by molar-refractivity contribution is 7.09. The van der Waals surface area contributed by atoms with Crippen LogP contribution in [0.15, 0.2) is 5.51 Å². The van der Waals surface area contributed by atoms with Gasteiger partial charge in [0.2, 0.25) is 0 Å². The number of aliphatic hydroxyl groups is 1. The number of hydrogen-bond acceptors (Lipinski definition) is 4. The van der Waals surface area contributed by atoms with Gasteiger partial charge in [0.05, 0.1) is 27.9 Å². The van der Waals surface area contributed by atoms with E-state index >= 15 is 0 Å². The van der Waals surface area contributed by atoms with Crippen LogP contribution in [0.2, 0.25) is 5.15 Å². The van der Waals surface area contributed by atoms with Crippen LogP contribution in [0, 0.1) is 13.8 Å². The lowest BCUT2D eigenvalue weighted by atomic mass is 10.1. The zero-order chi connectivity index (χ0) is 12.6. The van der Waals surface area contributed by atoms with E-state index < -0.39 is 6.10 Å². The Morgan fingerprint density at radius 1 is 1.47 bits per heavy atom. The van der Waals surface area contributed by atoms with Gasteiger partial charge in [-0.05, 0) is 13.8 Å². The lowest BCUT2D eigenvalue weighted by Gasteiger charge is -2.09. The summed E-state index contributed by atoms with van der Waals surface area (Å²) in [4.78, 5) is 5.03. The summed E-state index contributed by atoms with van der Waals surface area (Å²) in [7, 11) is 1.79. The molecule has 0 saturated heterocycles. The molecule has 0 aliphatic heterocycles. The van der Waals surface area contributed by atoms with Crippen LogP contribution in [0.3, 0.4) is 0 Å². The topological polar surface area (TPSA) is 50.9 Å². The van der Waals surface area contributed by atoms with Crippen LogP contribution in [0.1, 0.15) is 27.9 Å². The standard InChI is InChI=1S/C11H14ClN3OS/c1-6-8(11(12)15(3)14-6)4-9(16)10-7(2)13-5-17-10/h5,9,16H,4H2,1-3H3. The average molecular weight is 272 g/mol. The third kappa shape index (κ3) is 2.36. The zero-order valence-corrected chi connectivity index (χ0v) is 11.5. The Kier molecular flexibility index (Phi) is 3.51. The third-order valence-corrected chi connectivity index (χ3v) is 4.26. The fourth-order valence-electron chi connectivity index (χ4n) is 1.82. The van der Waals surface area contributed by atoms with Crippen molar-refractivity contribution in [2.45, 2.75) is 26.4 Å². The molecule has 92 valence electrons. The number of rotatable bonds is 3. The largest absolute Gasteiger partial charge is 0.387 e. The van der Waals surface area contributed by atoms with Gasteiger partial charge in [0.25, 0.3) is 0 Å². The second-order valence-corrected chi connectivity index (χ2v) is 5.24. The van der Waals surface area contributed by atoms with E-state index in [1.54, 1.807) is 17.2 Å². The van der Waals surface area contributed by atoms with Crippen molar-refractivity contribution in [1.29, 1.82) is 0 Å². The SMILES string of the molecule is Cc1ncsc1C(O)Cc1c(C)nn(C)c1Cl. The molecule has 6 heteroatoms. The summed E-state index contributed by atoms with van der Waals surface area (Å²) >= 11 is 7.60. The molecule has 0 aliphatic carbocycles. The van der Waals surface area contributed by atoms with Gasteiger partial charge < -0.3 is 5.11 Å². The first-order valence-electron chi connectivity index (χ1n) is 5.26. The number of aryl methyl sites for hydroxylation is 3. The molecule has 0 radical (unpaired) electrons. The number of halogens is 1. The Hall–Kier alpha value is -0.910. The van der Waals surface area contributed by atoms with Gasteiger partial charge in [0.1, 0.15) is 5.15 Å². The van der Waals surface area contributed by atoms with E-state index in [1.807, 2.05) is 13.8 Å². The monoisotopic (exact) mass is 271 g/mol. The Balaban J connectivity index is 2.24. The van der Waals surface area contributed by atoms with Gasteiger partial charge in [-0.25, -0.2) is 4.98 Å². The summed E-state index contributed by atoms with van der Waals surface area (Å²) in [6, 6.07) is 0. The smallest absolute Gasteiger partial charge is 0.130 e. The number of hydrogen-bond donors (Lipinski definition) is 1. The molecule has 0 spiro atoms. The lowest BCUT2D eigenvalue weighted by molar-refractivity contribution is 0.181. The lowest BCUT2D eigenvalue weighted by Crippen LogP contribution is -2.02. The molecule has 1 N–H and O–H groups in total. The van der Waals surface area contributed by atoms with E-state index in [1.165, 1.54) is 11.3 Å². The Bertz CT molecular complexity index is 535. The first kappa shape index (κ1) is 12.5. The predicted octanol–water partition coefficient (Wildman–Crippen LogP) is 2.42. The maximum absolute atomic E-state index is 10.2. The summed E-state index contributed by atoms with van der Waals surface area (Å²) in [5, 5.41) is 15.0. The van der Waals surface area contributed by atoms with Crippen LogP contribution in [0.5, 0.6) is 0 Å². The second-order valence-electron chi connectivity index (χ2n) is 4.00. The first-order valence-corrected chi connectivity index (χ1v) is 6.52. The molecule has 0 bridgehead atoms. The van der Waals surface area contributed by atoms with E-state index in [0.29, 0.717) is 11.6 Å². The van der Waals surface area contributed by atoms with Gasteiger partial charge in [-0.2, -0.15) is 5.10 Å². The van der Waals surface area contributed by atoms with Crippen molar-refractivity contribution in [2.75, 3.05) is 0 Å². The Morgan fingerprint density at radius 2 is 2.18 bits per heavy atom. The van der Waals surface area contributed by atoms with E-state index in [2.05, 4.69) is 10.1 Å². The zero-order valence-electron chi connectivity index (χ0n) is 9.94. The maximum atomic E-state index is 10.2. The molecule has 0 saturated carbocycles. The number of aliphatic hydroxyl groups excluding tert-OH is 1. The third-order valence-electron chi connectivity index (χ3n) is 2.75. The van der Waals surface area contributed by atoms with Gasteiger partial charge in [-0.3, -0.25) is 4.68 Å². The first-order chi connectivity index (χ1) is 8.00. The fraction of sp³-hybridized carbons (Fsp3) is 0.455. The van der Waals surface area contributed by atoms with Crippen LogP contribution >= 0.6 is 22.9 Å². The van der Waals surface area contributed by atoms with Gasteiger partial charge in [-0.1, -0.05) is 11.6 Å². The Morgan fingerprint density at radius 3 is 2.65 bits per heavy atom. The molecule has 2 rings (SSSR count). The summed E-state index contributed by atoms with van der Waals surface area (Å²) in [5.74, 6) is 0. The highest BCUT2D eigenvalue weighted by Gasteiger charge is 2.19. The molecule has 0 amide bonds. The van der Waals surface area contributed by atoms with Crippen LogP contribution < -0.4 is 0 Å². The molecular formula is C11H14ClN3OS. The highest BCUT2D eigenvalue weighted by atomic mass is 35.5. The van der Waals surface area contributed by atoms with Crippen LogP contribution in [0.25, 0.3) is 0 Å². The van der Waals surface area contributed by atoms with Crippen molar-refractivity contribution in [3.05, 3.63) is 32.5 Å². The minimum Gasteiger partial charge on any atom is -0.387 e. The van der Waals surface area contributed by atoms with Crippen molar-refractivity contribution < 1.29 is 5.11 Å².